The average molecular weight is 403 g/mol. The first-order valence-electron chi connectivity index (χ1n) is 9.47. The van der Waals surface area contributed by atoms with Gasteiger partial charge in [0.1, 0.15) is 5.01 Å². The molecule has 0 saturated carbocycles. The molecule has 2 unspecified atom stereocenters. The molecule has 1 aromatic carbocycles. The molecule has 2 atom stereocenters. The van der Waals surface area contributed by atoms with Crippen molar-refractivity contribution in [2.75, 3.05) is 18.4 Å². The summed E-state index contributed by atoms with van der Waals surface area (Å²) in [4.78, 5) is 24.3. The molecule has 0 radical (unpaired) electrons. The maximum absolute atomic E-state index is 12.3. The van der Waals surface area contributed by atoms with E-state index in [2.05, 4.69) is 38.6 Å². The molecule has 4 N–H and O–H groups in total. The molecule has 9 heteroatoms. The molecule has 0 spiro atoms. The zero-order valence-electron chi connectivity index (χ0n) is 16.1. The Morgan fingerprint density at radius 2 is 2.11 bits per heavy atom. The van der Waals surface area contributed by atoms with Gasteiger partial charge in [-0.15, -0.1) is 10.2 Å². The Morgan fingerprint density at radius 3 is 2.86 bits per heavy atom. The fourth-order valence-corrected chi connectivity index (χ4v) is 3.74. The molecule has 150 valence electrons. The Bertz CT molecular complexity index is 824. The normalized spacial score (nSPS) is 18.8. The number of carbonyl (C=O) groups excluding carboxylic acids is 2. The lowest BCUT2D eigenvalue weighted by atomic mass is 10.0. The third-order valence-electron chi connectivity index (χ3n) is 4.81. The number of anilines is 1. The van der Waals surface area contributed by atoms with E-state index in [9.17, 15) is 9.59 Å². The average Bonchev–Trinajstić information content (AvgIpc) is 3.31. The number of hydrogen-bond donors (Lipinski definition) is 4. The predicted molar refractivity (Wildman–Crippen MR) is 109 cm³/mol. The summed E-state index contributed by atoms with van der Waals surface area (Å²) < 4.78 is 0. The fourth-order valence-electron chi connectivity index (χ4n) is 2.96. The predicted octanol–water partition coefficient (Wildman–Crippen LogP) is 1.65. The summed E-state index contributed by atoms with van der Waals surface area (Å²) in [5.74, 6) is 0.186. The first-order valence-corrected chi connectivity index (χ1v) is 10.3. The van der Waals surface area contributed by atoms with Gasteiger partial charge in [0.25, 0.3) is 5.91 Å². The minimum absolute atomic E-state index is 0.0427. The van der Waals surface area contributed by atoms with E-state index in [0.29, 0.717) is 42.8 Å². The zero-order chi connectivity index (χ0) is 19.9. The number of aromatic nitrogens is 2. The summed E-state index contributed by atoms with van der Waals surface area (Å²) >= 11 is 1.27. The lowest BCUT2D eigenvalue weighted by Gasteiger charge is -2.14. The van der Waals surface area contributed by atoms with Crippen molar-refractivity contribution in [1.29, 1.82) is 0 Å². The Morgan fingerprint density at radius 1 is 1.29 bits per heavy atom. The highest BCUT2D eigenvalue weighted by molar-refractivity contribution is 7.13. The lowest BCUT2D eigenvalue weighted by molar-refractivity contribution is -0.121. The highest BCUT2D eigenvalue weighted by Crippen LogP contribution is 2.17. The second-order valence-corrected chi connectivity index (χ2v) is 8.06. The number of hydrazine groups is 1. The van der Waals surface area contributed by atoms with Gasteiger partial charge in [0.05, 0.1) is 0 Å². The highest BCUT2D eigenvalue weighted by Gasteiger charge is 2.22. The lowest BCUT2D eigenvalue weighted by Crippen LogP contribution is -2.35. The van der Waals surface area contributed by atoms with Crippen molar-refractivity contribution in [2.24, 2.45) is 5.92 Å². The van der Waals surface area contributed by atoms with E-state index in [-0.39, 0.29) is 11.8 Å². The van der Waals surface area contributed by atoms with Crippen LogP contribution in [0.25, 0.3) is 0 Å². The third kappa shape index (κ3) is 5.57. The van der Waals surface area contributed by atoms with Crippen molar-refractivity contribution in [1.82, 2.24) is 26.4 Å². The first kappa shape index (κ1) is 20.4. The zero-order valence-corrected chi connectivity index (χ0v) is 16.9. The first-order chi connectivity index (χ1) is 13.5. The van der Waals surface area contributed by atoms with Gasteiger partial charge >= 0.3 is 0 Å². The van der Waals surface area contributed by atoms with Crippen LogP contribution >= 0.6 is 11.3 Å². The number of nitrogens with one attached hydrogen (secondary N) is 4. The molecular weight excluding hydrogens is 376 g/mol. The summed E-state index contributed by atoms with van der Waals surface area (Å²) in [6.45, 7) is 5.56. The second kappa shape index (κ2) is 9.72. The molecule has 3 rings (SSSR count). The van der Waals surface area contributed by atoms with Crippen molar-refractivity contribution in [3.05, 3.63) is 39.8 Å². The summed E-state index contributed by atoms with van der Waals surface area (Å²) in [5, 5.41) is 15.0. The Labute approximate surface area is 168 Å². The van der Waals surface area contributed by atoms with Gasteiger partial charge in [-0.05, 0) is 31.9 Å². The van der Waals surface area contributed by atoms with Gasteiger partial charge < -0.3 is 10.6 Å². The molecule has 2 amide bonds. The molecule has 2 aromatic rings. The van der Waals surface area contributed by atoms with Crippen LogP contribution in [0.15, 0.2) is 24.3 Å². The molecule has 0 aliphatic carbocycles. The van der Waals surface area contributed by atoms with Crippen molar-refractivity contribution >= 4 is 28.8 Å². The summed E-state index contributed by atoms with van der Waals surface area (Å²) in [5.41, 5.74) is 7.99. The van der Waals surface area contributed by atoms with E-state index >= 15 is 0 Å². The van der Waals surface area contributed by atoms with Crippen LogP contribution in [0.4, 0.5) is 5.69 Å². The molecule has 8 nitrogen and oxygen atoms in total. The van der Waals surface area contributed by atoms with Gasteiger partial charge in [0, 0.05) is 43.6 Å². The number of carbonyl (C=O) groups is 2. The van der Waals surface area contributed by atoms with Gasteiger partial charge in [0.2, 0.25) is 10.9 Å². The molecule has 1 aliphatic rings. The van der Waals surface area contributed by atoms with Crippen LogP contribution in [0.3, 0.4) is 0 Å². The quantitative estimate of drug-likeness (QED) is 0.535. The fraction of sp³-hybridized carbons (Fsp3) is 0.474. The van der Waals surface area contributed by atoms with Crippen LogP contribution in [0, 0.1) is 12.8 Å². The molecule has 1 aliphatic heterocycles. The van der Waals surface area contributed by atoms with Crippen LogP contribution in [-0.4, -0.2) is 41.1 Å². The van der Waals surface area contributed by atoms with E-state index in [1.165, 1.54) is 11.3 Å². The largest absolute Gasteiger partial charge is 0.356 e. The molecule has 1 fully saturated rings. The summed E-state index contributed by atoms with van der Waals surface area (Å²) in [6.07, 6.45) is 1.74. The van der Waals surface area contributed by atoms with Gasteiger partial charge in [0.15, 0.2) is 0 Å². The van der Waals surface area contributed by atoms with Gasteiger partial charge in [-0.25, -0.2) is 0 Å². The van der Waals surface area contributed by atoms with Crippen LogP contribution in [-0.2, 0) is 11.2 Å². The third-order valence-corrected chi connectivity index (χ3v) is 5.79. The molecule has 1 saturated heterocycles. The molecule has 0 bridgehead atoms. The number of amides is 2. The van der Waals surface area contributed by atoms with Gasteiger partial charge in [-0.1, -0.05) is 29.5 Å². The number of hydrogen-bond acceptors (Lipinski definition) is 7. The maximum Gasteiger partial charge on any atom is 0.286 e. The monoisotopic (exact) mass is 402 g/mol. The smallest absolute Gasteiger partial charge is 0.286 e. The molecule has 2 heterocycles. The number of rotatable bonds is 8. The summed E-state index contributed by atoms with van der Waals surface area (Å²) in [7, 11) is 0. The number of aryl methyl sites for hydroxylation is 2. The standard InChI is InChI=1S/C19H26N6O2S/c1-12-6-3-4-7-15(12)22-18(27)19-25-24-17(28-19)9-5-8-16(26)20-10-14-11-21-23-13(14)2/h3-4,6-7,13-14,21,23H,5,8-11H2,1-2H3,(H,20,26)(H,22,27). The van der Waals surface area contributed by atoms with Crippen molar-refractivity contribution in [3.63, 3.8) is 0 Å². The van der Waals surface area contributed by atoms with Crippen LogP contribution in [0.1, 0.15) is 40.1 Å². The maximum atomic E-state index is 12.3. The van der Waals surface area contributed by atoms with E-state index < -0.39 is 0 Å². The van der Waals surface area contributed by atoms with Crippen molar-refractivity contribution in [2.45, 2.75) is 39.2 Å². The number of nitrogens with zero attached hydrogens (tertiary/aromatic N) is 2. The van der Waals surface area contributed by atoms with Crippen molar-refractivity contribution < 1.29 is 9.59 Å². The summed E-state index contributed by atoms with van der Waals surface area (Å²) in [6, 6.07) is 7.94. The number of para-hydroxylation sites is 1. The van der Waals surface area contributed by atoms with Crippen molar-refractivity contribution in [3.8, 4) is 0 Å². The topological polar surface area (TPSA) is 108 Å². The SMILES string of the molecule is Cc1ccccc1NC(=O)c1nnc(CCCC(=O)NCC2CNNC2C)s1. The Kier molecular flexibility index (Phi) is 7.07. The van der Waals surface area contributed by atoms with Crippen LogP contribution < -0.4 is 21.5 Å². The van der Waals surface area contributed by atoms with E-state index in [4.69, 9.17) is 0 Å². The molecular formula is C19H26N6O2S. The van der Waals surface area contributed by atoms with Gasteiger partial charge in [-0.3, -0.25) is 20.4 Å². The minimum atomic E-state index is -0.260. The molecule has 28 heavy (non-hydrogen) atoms. The number of benzene rings is 1. The van der Waals surface area contributed by atoms with E-state index in [1.54, 1.807) is 0 Å². The Balaban J connectivity index is 1.40. The van der Waals surface area contributed by atoms with Crippen LogP contribution in [0.5, 0.6) is 0 Å². The highest BCUT2D eigenvalue weighted by atomic mass is 32.1. The van der Waals surface area contributed by atoms with E-state index in [0.717, 1.165) is 22.8 Å². The Hall–Kier alpha value is -2.36. The molecule has 1 aromatic heterocycles. The van der Waals surface area contributed by atoms with Gasteiger partial charge in [-0.2, -0.15) is 0 Å². The van der Waals surface area contributed by atoms with E-state index in [1.807, 2.05) is 31.2 Å². The van der Waals surface area contributed by atoms with Crippen LogP contribution in [0.2, 0.25) is 0 Å². The second-order valence-electron chi connectivity index (χ2n) is 7.00. The minimum Gasteiger partial charge on any atom is -0.356 e.